The Bertz CT molecular complexity index is 589. The van der Waals surface area contributed by atoms with Gasteiger partial charge in [-0.05, 0) is 42.8 Å². The smallest absolute Gasteiger partial charge is 0.165 e. The summed E-state index contributed by atoms with van der Waals surface area (Å²) in [6, 6.07) is 6.63. The van der Waals surface area contributed by atoms with Crippen molar-refractivity contribution in [2.75, 3.05) is 19.9 Å². The van der Waals surface area contributed by atoms with Gasteiger partial charge in [0.1, 0.15) is 0 Å². The van der Waals surface area contributed by atoms with Crippen molar-refractivity contribution < 1.29 is 9.13 Å². The Morgan fingerprint density at radius 2 is 2.20 bits per heavy atom. The number of likely N-dealkylation sites (N-methyl/N-ethyl adjacent to an activating group) is 1. The quantitative estimate of drug-likeness (QED) is 0.879. The Morgan fingerprint density at radius 3 is 2.85 bits per heavy atom. The number of pyridine rings is 1. The van der Waals surface area contributed by atoms with E-state index >= 15 is 0 Å². The van der Waals surface area contributed by atoms with Crippen LogP contribution in [0.25, 0.3) is 0 Å². The van der Waals surface area contributed by atoms with Crippen molar-refractivity contribution in [2.45, 2.75) is 12.5 Å². The lowest BCUT2D eigenvalue weighted by Crippen LogP contribution is -2.19. The molecule has 0 amide bonds. The number of methoxy groups -OCH3 is 1. The van der Waals surface area contributed by atoms with E-state index in [1.165, 1.54) is 13.2 Å². The van der Waals surface area contributed by atoms with Crippen LogP contribution < -0.4 is 15.8 Å². The molecule has 0 saturated heterocycles. The van der Waals surface area contributed by atoms with E-state index in [0.717, 1.165) is 11.1 Å². The minimum atomic E-state index is -0.369. The lowest BCUT2D eigenvalue weighted by atomic mass is 9.99. The normalized spacial score (nSPS) is 12.2. The van der Waals surface area contributed by atoms with Crippen LogP contribution in [0.4, 0.5) is 10.1 Å². The lowest BCUT2D eigenvalue weighted by Gasteiger charge is -2.18. The molecule has 1 heterocycles. The molecule has 0 bridgehead atoms. The van der Waals surface area contributed by atoms with E-state index < -0.39 is 0 Å². The van der Waals surface area contributed by atoms with Gasteiger partial charge in [0, 0.05) is 24.1 Å². The highest BCUT2D eigenvalue weighted by Gasteiger charge is 2.14. The van der Waals surface area contributed by atoms with E-state index in [1.807, 2.05) is 7.05 Å². The van der Waals surface area contributed by atoms with E-state index in [4.69, 9.17) is 10.5 Å². The molecule has 1 aromatic carbocycles. The SMILES string of the molecule is CNC(Cc1cnccc1N)c1ccc(F)c(OC)c1. The van der Waals surface area contributed by atoms with Crippen LogP contribution in [0.15, 0.2) is 36.7 Å². The van der Waals surface area contributed by atoms with Crippen molar-refractivity contribution in [1.29, 1.82) is 0 Å². The number of nitrogens with one attached hydrogen (secondary N) is 1. The minimum Gasteiger partial charge on any atom is -0.494 e. The number of anilines is 1. The monoisotopic (exact) mass is 275 g/mol. The van der Waals surface area contributed by atoms with Gasteiger partial charge in [-0.15, -0.1) is 0 Å². The second-order valence-electron chi connectivity index (χ2n) is 4.51. The van der Waals surface area contributed by atoms with Gasteiger partial charge < -0.3 is 15.8 Å². The van der Waals surface area contributed by atoms with Crippen LogP contribution in [0.2, 0.25) is 0 Å². The number of rotatable bonds is 5. The Balaban J connectivity index is 2.26. The molecule has 20 heavy (non-hydrogen) atoms. The third-order valence-electron chi connectivity index (χ3n) is 3.29. The molecule has 106 valence electrons. The van der Waals surface area contributed by atoms with Gasteiger partial charge in [-0.2, -0.15) is 0 Å². The summed E-state index contributed by atoms with van der Waals surface area (Å²) in [7, 11) is 3.31. The highest BCUT2D eigenvalue weighted by molar-refractivity contribution is 5.45. The Kier molecular flexibility index (Phi) is 4.53. The van der Waals surface area contributed by atoms with Gasteiger partial charge in [0.25, 0.3) is 0 Å². The van der Waals surface area contributed by atoms with Gasteiger partial charge in [-0.1, -0.05) is 6.07 Å². The third-order valence-corrected chi connectivity index (χ3v) is 3.29. The van der Waals surface area contributed by atoms with Gasteiger partial charge in [-0.3, -0.25) is 4.98 Å². The summed E-state index contributed by atoms with van der Waals surface area (Å²) in [5, 5.41) is 3.20. The summed E-state index contributed by atoms with van der Waals surface area (Å²) in [5.41, 5.74) is 8.53. The van der Waals surface area contributed by atoms with Crippen LogP contribution in [0.5, 0.6) is 5.75 Å². The predicted molar refractivity (Wildman–Crippen MR) is 77.1 cm³/mol. The number of ether oxygens (including phenoxy) is 1. The summed E-state index contributed by atoms with van der Waals surface area (Å²) in [6.07, 6.45) is 4.08. The van der Waals surface area contributed by atoms with Crippen LogP contribution in [0.3, 0.4) is 0 Å². The summed E-state index contributed by atoms with van der Waals surface area (Å²) in [4.78, 5) is 4.08. The zero-order valence-electron chi connectivity index (χ0n) is 11.6. The molecule has 5 heteroatoms. The van der Waals surface area contributed by atoms with Crippen molar-refractivity contribution in [3.63, 3.8) is 0 Å². The number of hydrogen-bond acceptors (Lipinski definition) is 4. The van der Waals surface area contributed by atoms with Crippen molar-refractivity contribution in [3.05, 3.63) is 53.6 Å². The van der Waals surface area contributed by atoms with E-state index in [-0.39, 0.29) is 17.6 Å². The van der Waals surface area contributed by atoms with Gasteiger partial charge in [0.05, 0.1) is 7.11 Å². The second kappa shape index (κ2) is 6.34. The highest BCUT2D eigenvalue weighted by Crippen LogP contribution is 2.26. The average Bonchev–Trinajstić information content (AvgIpc) is 2.47. The molecule has 0 aliphatic rings. The molecular weight excluding hydrogens is 257 g/mol. The number of hydrogen-bond donors (Lipinski definition) is 2. The summed E-state index contributed by atoms with van der Waals surface area (Å²) >= 11 is 0. The van der Waals surface area contributed by atoms with Crippen molar-refractivity contribution >= 4 is 5.69 Å². The maximum absolute atomic E-state index is 13.5. The molecular formula is C15H18FN3O. The molecule has 1 atom stereocenters. The first kappa shape index (κ1) is 14.3. The van der Waals surface area contributed by atoms with Gasteiger partial charge in [-0.25, -0.2) is 4.39 Å². The third kappa shape index (κ3) is 3.05. The number of nitrogen functional groups attached to an aromatic ring is 1. The number of halogens is 1. The van der Waals surface area contributed by atoms with E-state index in [1.54, 1.807) is 30.6 Å². The van der Waals surface area contributed by atoms with Gasteiger partial charge in [0.2, 0.25) is 0 Å². The average molecular weight is 275 g/mol. The zero-order chi connectivity index (χ0) is 14.5. The molecule has 0 saturated carbocycles. The molecule has 2 aromatic rings. The summed E-state index contributed by atoms with van der Waals surface area (Å²) < 4.78 is 18.5. The summed E-state index contributed by atoms with van der Waals surface area (Å²) in [5.74, 6) is -0.131. The molecule has 2 rings (SSSR count). The van der Waals surface area contributed by atoms with Crippen molar-refractivity contribution in [2.24, 2.45) is 0 Å². The number of nitrogens with zero attached hydrogens (tertiary/aromatic N) is 1. The van der Waals surface area contributed by atoms with Crippen molar-refractivity contribution in [3.8, 4) is 5.75 Å². The second-order valence-corrected chi connectivity index (χ2v) is 4.51. The number of nitrogens with two attached hydrogens (primary N) is 1. The standard InChI is InChI=1S/C15H18FN3O/c1-18-14(7-11-9-19-6-5-13(11)17)10-3-4-12(16)15(8-10)20-2/h3-6,8-9,14,18H,7H2,1-2H3,(H2,17,19). The first-order valence-corrected chi connectivity index (χ1v) is 6.34. The molecule has 0 fully saturated rings. The molecule has 0 aliphatic heterocycles. The molecule has 3 N–H and O–H groups in total. The molecule has 4 nitrogen and oxygen atoms in total. The maximum Gasteiger partial charge on any atom is 0.165 e. The molecule has 1 aromatic heterocycles. The molecule has 0 spiro atoms. The lowest BCUT2D eigenvalue weighted by molar-refractivity contribution is 0.385. The fourth-order valence-electron chi connectivity index (χ4n) is 2.11. The number of benzene rings is 1. The van der Waals surface area contributed by atoms with Crippen LogP contribution in [-0.2, 0) is 6.42 Å². The molecule has 0 aliphatic carbocycles. The van der Waals surface area contributed by atoms with Crippen LogP contribution in [0.1, 0.15) is 17.2 Å². The Morgan fingerprint density at radius 1 is 1.40 bits per heavy atom. The maximum atomic E-state index is 13.5. The fraction of sp³-hybridized carbons (Fsp3) is 0.267. The molecule has 0 radical (unpaired) electrons. The van der Waals surface area contributed by atoms with E-state index in [0.29, 0.717) is 12.1 Å². The summed E-state index contributed by atoms with van der Waals surface area (Å²) in [6.45, 7) is 0. The molecule has 1 unspecified atom stereocenters. The first-order valence-electron chi connectivity index (χ1n) is 6.34. The topological polar surface area (TPSA) is 60.2 Å². The zero-order valence-corrected chi connectivity index (χ0v) is 11.6. The van der Waals surface area contributed by atoms with E-state index in [9.17, 15) is 4.39 Å². The Hall–Kier alpha value is -2.14. The van der Waals surface area contributed by atoms with Crippen LogP contribution in [0, 0.1) is 5.82 Å². The Labute approximate surface area is 117 Å². The van der Waals surface area contributed by atoms with Crippen LogP contribution >= 0.6 is 0 Å². The van der Waals surface area contributed by atoms with E-state index in [2.05, 4.69) is 10.3 Å². The minimum absolute atomic E-state index is 0.0102. The van der Waals surface area contributed by atoms with Crippen molar-refractivity contribution in [1.82, 2.24) is 10.3 Å². The fourth-order valence-corrected chi connectivity index (χ4v) is 2.11. The van der Waals surface area contributed by atoms with Crippen LogP contribution in [-0.4, -0.2) is 19.1 Å². The van der Waals surface area contributed by atoms with Gasteiger partial charge in [0.15, 0.2) is 11.6 Å². The largest absolute Gasteiger partial charge is 0.494 e. The first-order chi connectivity index (χ1) is 9.65. The number of aromatic nitrogens is 1. The predicted octanol–water partition coefficient (Wildman–Crippen LogP) is 2.31. The van der Waals surface area contributed by atoms with Gasteiger partial charge >= 0.3 is 0 Å². The highest BCUT2D eigenvalue weighted by atomic mass is 19.1.